The number of methoxy groups -OCH3 is 1. The number of ether oxygens (including phenoxy) is 2. The molecule has 0 saturated carbocycles. The van der Waals surface area contributed by atoms with Crippen molar-refractivity contribution in [2.24, 2.45) is 5.92 Å². The first kappa shape index (κ1) is 27.9. The van der Waals surface area contributed by atoms with Crippen LogP contribution in [0.1, 0.15) is 30.6 Å². The van der Waals surface area contributed by atoms with Gasteiger partial charge in [-0.05, 0) is 42.9 Å². The van der Waals surface area contributed by atoms with Crippen LogP contribution in [0, 0.1) is 5.92 Å². The first-order valence-electron chi connectivity index (χ1n) is 13.2. The summed E-state index contributed by atoms with van der Waals surface area (Å²) in [5.74, 6) is -0.333. The lowest BCUT2D eigenvalue weighted by Gasteiger charge is -2.36. The molecular formula is C27H40N4O5S. The molecule has 3 fully saturated rings. The van der Waals surface area contributed by atoms with Crippen LogP contribution in [0.5, 0.6) is 0 Å². The Morgan fingerprint density at radius 1 is 1.16 bits per heavy atom. The molecule has 3 aliphatic rings. The molecule has 0 bridgehead atoms. The summed E-state index contributed by atoms with van der Waals surface area (Å²) in [7, 11) is 1.73. The molecule has 0 aliphatic carbocycles. The summed E-state index contributed by atoms with van der Waals surface area (Å²) in [6.07, 6.45) is 2.21. The number of piperazine rings is 1. The third-order valence-corrected chi connectivity index (χ3v) is 8.54. The highest BCUT2D eigenvalue weighted by molar-refractivity contribution is 7.99. The van der Waals surface area contributed by atoms with Gasteiger partial charge in [0.15, 0.2) is 5.78 Å². The Bertz CT molecular complexity index is 951. The molecule has 1 aromatic rings. The molecule has 4 atom stereocenters. The van der Waals surface area contributed by atoms with Gasteiger partial charge in [-0.2, -0.15) is 11.8 Å². The van der Waals surface area contributed by atoms with E-state index in [1.807, 2.05) is 44.4 Å². The Morgan fingerprint density at radius 3 is 2.49 bits per heavy atom. The Morgan fingerprint density at radius 2 is 1.86 bits per heavy atom. The van der Waals surface area contributed by atoms with Gasteiger partial charge in [0.25, 0.3) is 5.91 Å². The largest absolute Gasteiger partial charge is 0.383 e. The van der Waals surface area contributed by atoms with E-state index in [9.17, 15) is 14.4 Å². The van der Waals surface area contributed by atoms with Gasteiger partial charge < -0.3 is 24.6 Å². The second kappa shape index (κ2) is 12.6. The molecule has 1 aromatic carbocycles. The van der Waals surface area contributed by atoms with Gasteiger partial charge in [-0.15, -0.1) is 0 Å². The smallest absolute Gasteiger partial charge is 0.251 e. The normalized spacial score (nSPS) is 25.0. The van der Waals surface area contributed by atoms with Crippen LogP contribution >= 0.6 is 11.8 Å². The standard InChI is InChI=1S/C27H40N4O5S/c1-18(2)15-21(27(34)31-16-23(37-4)25-24(31)22(32)17-36-25)28-26(33)19-5-7-20(8-6-19)30-11-9-29(10-12-30)13-14-35-3/h5-8,18,21,23-25H,9-17H2,1-4H3,(H,28,33)/t21?,23-,24+,25+/m0/s1. The first-order chi connectivity index (χ1) is 17.8. The van der Waals surface area contributed by atoms with E-state index < -0.39 is 12.1 Å². The van der Waals surface area contributed by atoms with E-state index in [4.69, 9.17) is 9.47 Å². The van der Waals surface area contributed by atoms with Crippen molar-refractivity contribution in [1.29, 1.82) is 0 Å². The maximum atomic E-state index is 13.6. The van der Waals surface area contributed by atoms with E-state index in [2.05, 4.69) is 15.1 Å². The molecule has 3 saturated heterocycles. The van der Waals surface area contributed by atoms with Crippen molar-refractivity contribution in [1.82, 2.24) is 15.1 Å². The number of amides is 2. The van der Waals surface area contributed by atoms with E-state index in [0.29, 0.717) is 18.5 Å². The van der Waals surface area contributed by atoms with Crippen LogP contribution in [-0.2, 0) is 19.1 Å². The highest BCUT2D eigenvalue weighted by Gasteiger charge is 2.52. The van der Waals surface area contributed by atoms with Gasteiger partial charge >= 0.3 is 0 Å². The molecule has 2 amide bonds. The van der Waals surface area contributed by atoms with Crippen LogP contribution in [0.25, 0.3) is 0 Å². The van der Waals surface area contributed by atoms with Gasteiger partial charge in [0.05, 0.1) is 18.0 Å². The lowest BCUT2D eigenvalue weighted by molar-refractivity contribution is -0.138. The Balaban J connectivity index is 1.39. The fourth-order valence-electron chi connectivity index (χ4n) is 5.46. The van der Waals surface area contributed by atoms with Crippen molar-refractivity contribution in [2.45, 2.75) is 43.7 Å². The lowest BCUT2D eigenvalue weighted by atomic mass is 10.0. The zero-order valence-corrected chi connectivity index (χ0v) is 23.2. The van der Waals surface area contributed by atoms with Crippen LogP contribution in [0.2, 0.25) is 0 Å². The molecule has 10 heteroatoms. The van der Waals surface area contributed by atoms with E-state index in [1.54, 1.807) is 23.8 Å². The SMILES string of the molecule is COCCN1CCN(c2ccc(C(=O)NC(CC(C)C)C(=O)N3C[C@H](SC)[C@H]4OCC(=O)[C@H]43)cc2)CC1. The average molecular weight is 533 g/mol. The van der Waals surface area contributed by atoms with E-state index in [1.165, 1.54) is 0 Å². The minimum atomic E-state index is -0.693. The van der Waals surface area contributed by atoms with Crippen LogP contribution in [0.15, 0.2) is 24.3 Å². The summed E-state index contributed by atoms with van der Waals surface area (Å²) in [6.45, 7) is 10.1. The highest BCUT2D eigenvalue weighted by Crippen LogP contribution is 2.34. The molecule has 3 aliphatic heterocycles. The van der Waals surface area contributed by atoms with Crippen molar-refractivity contribution in [2.75, 3.05) is 70.7 Å². The fraction of sp³-hybridized carbons (Fsp3) is 0.667. The number of nitrogens with one attached hydrogen (secondary N) is 1. The van der Waals surface area contributed by atoms with Crippen molar-refractivity contribution in [3.8, 4) is 0 Å². The molecule has 4 rings (SSSR count). The van der Waals surface area contributed by atoms with Crippen molar-refractivity contribution >= 4 is 35.0 Å². The minimum absolute atomic E-state index is 0.0476. The maximum Gasteiger partial charge on any atom is 0.251 e. The molecule has 0 spiro atoms. The van der Waals surface area contributed by atoms with Gasteiger partial charge in [-0.25, -0.2) is 0 Å². The van der Waals surface area contributed by atoms with E-state index >= 15 is 0 Å². The zero-order valence-electron chi connectivity index (χ0n) is 22.4. The number of thioether (sulfide) groups is 1. The van der Waals surface area contributed by atoms with Crippen molar-refractivity contribution < 1.29 is 23.9 Å². The molecule has 1 N–H and O–H groups in total. The monoisotopic (exact) mass is 532 g/mol. The average Bonchev–Trinajstić information content (AvgIpc) is 3.47. The maximum absolute atomic E-state index is 13.6. The molecule has 0 aromatic heterocycles. The van der Waals surface area contributed by atoms with E-state index in [-0.39, 0.29) is 41.5 Å². The summed E-state index contributed by atoms with van der Waals surface area (Å²) in [4.78, 5) is 45.7. The number of anilines is 1. The molecule has 1 unspecified atom stereocenters. The molecule has 9 nitrogen and oxygen atoms in total. The number of hydrogen-bond donors (Lipinski definition) is 1. The fourth-order valence-corrected chi connectivity index (χ4v) is 6.26. The summed E-state index contributed by atoms with van der Waals surface area (Å²) >= 11 is 1.61. The second-order valence-corrected chi connectivity index (χ2v) is 11.6. The number of rotatable bonds is 10. The number of Topliss-reactive ketones (excluding diaryl/α,β-unsaturated/α-hetero) is 1. The summed E-state index contributed by atoms with van der Waals surface area (Å²) in [6, 6.07) is 6.35. The number of likely N-dealkylation sites (tertiary alicyclic amines) is 1. The third-order valence-electron chi connectivity index (χ3n) is 7.51. The molecule has 3 heterocycles. The summed E-state index contributed by atoms with van der Waals surface area (Å²) < 4.78 is 10.9. The second-order valence-electron chi connectivity index (χ2n) is 10.5. The summed E-state index contributed by atoms with van der Waals surface area (Å²) in [5.41, 5.74) is 1.61. The predicted octanol–water partition coefficient (Wildman–Crippen LogP) is 1.51. The lowest BCUT2D eigenvalue weighted by Crippen LogP contribution is -2.52. The van der Waals surface area contributed by atoms with Crippen LogP contribution in [-0.4, -0.2) is 117 Å². The van der Waals surface area contributed by atoms with Gasteiger partial charge in [0.2, 0.25) is 5.91 Å². The van der Waals surface area contributed by atoms with Crippen molar-refractivity contribution in [3.05, 3.63) is 29.8 Å². The van der Waals surface area contributed by atoms with Crippen LogP contribution in [0.4, 0.5) is 5.69 Å². The number of carbonyl (C=O) groups excluding carboxylic acids is 3. The molecular weight excluding hydrogens is 492 g/mol. The van der Waals surface area contributed by atoms with Crippen LogP contribution in [0.3, 0.4) is 0 Å². The first-order valence-corrected chi connectivity index (χ1v) is 14.5. The number of nitrogens with zero attached hydrogens (tertiary/aromatic N) is 3. The molecule has 37 heavy (non-hydrogen) atoms. The van der Waals surface area contributed by atoms with Gasteiger partial charge in [0, 0.05) is 57.6 Å². The van der Waals surface area contributed by atoms with Gasteiger partial charge in [-0.1, -0.05) is 13.8 Å². The topological polar surface area (TPSA) is 91.4 Å². The zero-order chi connectivity index (χ0) is 26.5. The Hall–Kier alpha value is -2.14. The summed E-state index contributed by atoms with van der Waals surface area (Å²) in [5, 5.41) is 3.03. The Labute approximate surface area is 224 Å². The van der Waals surface area contributed by atoms with Crippen molar-refractivity contribution in [3.63, 3.8) is 0 Å². The number of ketones is 1. The van der Waals surface area contributed by atoms with E-state index in [0.717, 1.165) is 45.0 Å². The minimum Gasteiger partial charge on any atom is -0.383 e. The Kier molecular flexibility index (Phi) is 9.50. The number of benzene rings is 1. The quantitative estimate of drug-likeness (QED) is 0.485. The highest BCUT2D eigenvalue weighted by atomic mass is 32.2. The number of hydrogen-bond acceptors (Lipinski definition) is 8. The van der Waals surface area contributed by atoms with Gasteiger partial charge in [0.1, 0.15) is 18.7 Å². The van der Waals surface area contributed by atoms with Gasteiger partial charge in [-0.3, -0.25) is 19.3 Å². The molecule has 204 valence electrons. The molecule has 0 radical (unpaired) electrons. The predicted molar refractivity (Wildman–Crippen MR) is 145 cm³/mol. The number of fused-ring (bicyclic) bond motifs is 1. The van der Waals surface area contributed by atoms with Crippen LogP contribution < -0.4 is 10.2 Å². The number of carbonyl (C=O) groups is 3. The third kappa shape index (κ3) is 6.47.